The van der Waals surface area contributed by atoms with Gasteiger partial charge in [-0.1, -0.05) is 30.3 Å². The van der Waals surface area contributed by atoms with E-state index in [1.807, 2.05) is 18.3 Å². The number of amides is 1. The first-order valence-corrected chi connectivity index (χ1v) is 11.4. The predicted molar refractivity (Wildman–Crippen MR) is 123 cm³/mol. The summed E-state index contributed by atoms with van der Waals surface area (Å²) in [6.45, 7) is 2.52. The van der Waals surface area contributed by atoms with Gasteiger partial charge >= 0.3 is 0 Å². The normalized spacial score (nSPS) is 18.4. The Hall–Kier alpha value is -3.13. The minimum atomic E-state index is 0.307. The number of carbonyl (C=O) groups is 1. The fourth-order valence-corrected chi connectivity index (χ4v) is 4.70. The highest BCUT2D eigenvalue weighted by molar-refractivity contribution is 5.93. The average molecular weight is 413 g/mol. The molecule has 5 nitrogen and oxygen atoms in total. The van der Waals surface area contributed by atoms with Gasteiger partial charge in [0.25, 0.3) is 0 Å². The Morgan fingerprint density at radius 1 is 1.13 bits per heavy atom. The smallest absolute Gasteiger partial charge is 0.225 e. The van der Waals surface area contributed by atoms with Crippen LogP contribution < -0.4 is 5.32 Å². The lowest BCUT2D eigenvalue weighted by Crippen LogP contribution is -2.43. The number of hydrogen-bond donors (Lipinski definition) is 1. The van der Waals surface area contributed by atoms with Gasteiger partial charge in [0.15, 0.2) is 0 Å². The van der Waals surface area contributed by atoms with Crippen molar-refractivity contribution in [3.8, 4) is 17.2 Å². The van der Waals surface area contributed by atoms with Crippen LogP contribution in [-0.4, -0.2) is 42.7 Å². The lowest BCUT2D eigenvalue weighted by molar-refractivity contribution is -0.133. The second-order valence-corrected chi connectivity index (χ2v) is 8.94. The van der Waals surface area contributed by atoms with E-state index in [1.54, 1.807) is 0 Å². The Balaban J connectivity index is 1.37. The maximum absolute atomic E-state index is 12.4. The van der Waals surface area contributed by atoms with Crippen LogP contribution in [0.1, 0.15) is 42.4 Å². The molecule has 2 fully saturated rings. The van der Waals surface area contributed by atoms with Crippen molar-refractivity contribution in [2.75, 3.05) is 25.0 Å². The van der Waals surface area contributed by atoms with Crippen molar-refractivity contribution in [2.45, 2.75) is 44.6 Å². The lowest BCUT2D eigenvalue weighted by Gasteiger charge is -2.33. The SMILES string of the molecule is N#CCc1cccc(-c2cc3c(c(NC4CCN(C(=O)C5CC5)CC4)c2)C=NCC3)c1. The molecule has 1 saturated heterocycles. The molecular weight excluding hydrogens is 384 g/mol. The van der Waals surface area contributed by atoms with Gasteiger partial charge in [-0.2, -0.15) is 5.26 Å². The molecule has 3 aliphatic rings. The van der Waals surface area contributed by atoms with Gasteiger partial charge in [0, 0.05) is 49.1 Å². The van der Waals surface area contributed by atoms with Crippen molar-refractivity contribution in [3.05, 3.63) is 53.1 Å². The second-order valence-electron chi connectivity index (χ2n) is 8.94. The van der Waals surface area contributed by atoms with Crippen molar-refractivity contribution in [1.29, 1.82) is 5.26 Å². The maximum atomic E-state index is 12.4. The molecule has 0 spiro atoms. The average Bonchev–Trinajstić information content (AvgIpc) is 3.65. The number of benzene rings is 2. The monoisotopic (exact) mass is 412 g/mol. The van der Waals surface area contributed by atoms with Crippen molar-refractivity contribution < 1.29 is 4.79 Å². The minimum Gasteiger partial charge on any atom is -0.382 e. The zero-order valence-corrected chi connectivity index (χ0v) is 17.8. The molecule has 1 N–H and O–H groups in total. The van der Waals surface area contributed by atoms with Crippen molar-refractivity contribution in [3.63, 3.8) is 0 Å². The molecule has 2 heterocycles. The van der Waals surface area contributed by atoms with Crippen LogP contribution in [0.25, 0.3) is 11.1 Å². The molecule has 0 radical (unpaired) electrons. The molecule has 158 valence electrons. The van der Waals surface area contributed by atoms with Gasteiger partial charge in [-0.05, 0) is 60.4 Å². The molecular formula is C26H28N4O. The quantitative estimate of drug-likeness (QED) is 0.800. The zero-order valence-electron chi connectivity index (χ0n) is 17.8. The Labute approximate surface area is 183 Å². The molecule has 2 aromatic carbocycles. The maximum Gasteiger partial charge on any atom is 0.225 e. The van der Waals surface area contributed by atoms with Crippen LogP contribution in [0.5, 0.6) is 0 Å². The first-order chi connectivity index (χ1) is 15.2. The fraction of sp³-hybridized carbons (Fsp3) is 0.423. The molecule has 5 heteroatoms. The van der Waals surface area contributed by atoms with E-state index in [-0.39, 0.29) is 0 Å². The summed E-state index contributed by atoms with van der Waals surface area (Å²) in [5.74, 6) is 0.670. The molecule has 2 aliphatic heterocycles. The number of aliphatic imine (C=N–C) groups is 1. The van der Waals surface area contributed by atoms with E-state index < -0.39 is 0 Å². The van der Waals surface area contributed by atoms with Crippen LogP contribution in [0.15, 0.2) is 41.4 Å². The van der Waals surface area contributed by atoms with E-state index in [1.165, 1.54) is 16.7 Å². The molecule has 0 bridgehead atoms. The molecule has 5 rings (SSSR count). The Morgan fingerprint density at radius 2 is 1.97 bits per heavy atom. The molecule has 1 amide bonds. The largest absolute Gasteiger partial charge is 0.382 e. The van der Waals surface area contributed by atoms with Crippen molar-refractivity contribution in [2.24, 2.45) is 10.9 Å². The number of fused-ring (bicyclic) bond motifs is 1. The van der Waals surface area contributed by atoms with Gasteiger partial charge in [-0.3, -0.25) is 9.79 Å². The number of likely N-dealkylation sites (tertiary alicyclic amines) is 1. The van der Waals surface area contributed by atoms with Gasteiger partial charge in [0.2, 0.25) is 5.91 Å². The summed E-state index contributed by atoms with van der Waals surface area (Å²) in [6, 6.07) is 15.4. The van der Waals surface area contributed by atoms with Crippen LogP contribution in [0, 0.1) is 17.2 Å². The molecule has 2 aromatic rings. The molecule has 1 saturated carbocycles. The molecule has 31 heavy (non-hydrogen) atoms. The van der Waals surface area contributed by atoms with Crippen LogP contribution in [0.3, 0.4) is 0 Å². The van der Waals surface area contributed by atoms with E-state index in [9.17, 15) is 4.79 Å². The van der Waals surface area contributed by atoms with Gasteiger partial charge in [-0.15, -0.1) is 0 Å². The third-order valence-electron chi connectivity index (χ3n) is 6.63. The molecule has 1 aliphatic carbocycles. The summed E-state index contributed by atoms with van der Waals surface area (Å²) < 4.78 is 0. The first kappa shape index (κ1) is 19.8. The Bertz CT molecular complexity index is 1060. The summed E-state index contributed by atoms with van der Waals surface area (Å²) >= 11 is 0. The third kappa shape index (κ3) is 4.34. The van der Waals surface area contributed by atoms with Crippen LogP contribution in [0.4, 0.5) is 5.69 Å². The number of anilines is 1. The van der Waals surface area contributed by atoms with Crippen LogP contribution in [0.2, 0.25) is 0 Å². The van der Waals surface area contributed by atoms with Crippen LogP contribution in [-0.2, 0) is 17.6 Å². The highest BCUT2D eigenvalue weighted by atomic mass is 16.2. The standard InChI is InChI=1S/C26H28N4O/c27-10-6-18-2-1-3-20(14-18)22-15-21-7-11-28-17-24(21)25(16-22)29-23-8-12-30(13-9-23)26(31)19-4-5-19/h1-3,14-17,19,23,29H,4-9,11-13H2. The molecule has 0 atom stereocenters. The molecule has 0 unspecified atom stereocenters. The number of nitrogens with zero attached hydrogens (tertiary/aromatic N) is 3. The van der Waals surface area contributed by atoms with Crippen LogP contribution >= 0.6 is 0 Å². The van der Waals surface area contributed by atoms with Gasteiger partial charge in [0.05, 0.1) is 12.5 Å². The number of carbonyl (C=O) groups excluding carboxylic acids is 1. The van der Waals surface area contributed by atoms with Crippen molar-refractivity contribution in [1.82, 2.24) is 4.90 Å². The second kappa shape index (κ2) is 8.55. The summed E-state index contributed by atoms with van der Waals surface area (Å²) in [6.07, 6.45) is 7.48. The zero-order chi connectivity index (χ0) is 21.2. The number of piperidine rings is 1. The Kier molecular flexibility index (Phi) is 5.46. The summed E-state index contributed by atoms with van der Waals surface area (Å²) in [5, 5.41) is 12.8. The van der Waals surface area contributed by atoms with E-state index in [0.717, 1.165) is 68.6 Å². The minimum absolute atomic E-state index is 0.307. The number of rotatable bonds is 5. The van der Waals surface area contributed by atoms with E-state index in [2.05, 4.69) is 45.5 Å². The first-order valence-electron chi connectivity index (χ1n) is 11.4. The summed E-state index contributed by atoms with van der Waals surface area (Å²) in [5.41, 5.74) is 7.01. The van der Waals surface area contributed by atoms with Gasteiger partial charge < -0.3 is 10.2 Å². The van der Waals surface area contributed by atoms with E-state index in [0.29, 0.717) is 24.3 Å². The van der Waals surface area contributed by atoms with Crippen molar-refractivity contribution >= 4 is 17.8 Å². The summed E-state index contributed by atoms with van der Waals surface area (Å²) in [7, 11) is 0. The third-order valence-corrected chi connectivity index (χ3v) is 6.63. The highest BCUT2D eigenvalue weighted by Gasteiger charge is 2.35. The van der Waals surface area contributed by atoms with Gasteiger partial charge in [-0.25, -0.2) is 0 Å². The lowest BCUT2D eigenvalue weighted by atomic mass is 9.93. The molecule has 0 aromatic heterocycles. The topological polar surface area (TPSA) is 68.5 Å². The predicted octanol–water partition coefficient (Wildman–Crippen LogP) is 4.21. The Morgan fingerprint density at radius 3 is 2.74 bits per heavy atom. The highest BCUT2D eigenvalue weighted by Crippen LogP contribution is 2.34. The van der Waals surface area contributed by atoms with E-state index in [4.69, 9.17) is 5.26 Å². The number of nitriles is 1. The van der Waals surface area contributed by atoms with E-state index >= 15 is 0 Å². The van der Waals surface area contributed by atoms with Gasteiger partial charge in [0.1, 0.15) is 0 Å². The fourth-order valence-electron chi connectivity index (χ4n) is 4.70. The summed E-state index contributed by atoms with van der Waals surface area (Å²) in [4.78, 5) is 18.9. The number of hydrogen-bond acceptors (Lipinski definition) is 4. The number of nitrogens with one attached hydrogen (secondary N) is 1.